The van der Waals surface area contributed by atoms with Crippen LogP contribution in [0.1, 0.15) is 10.4 Å². The molecule has 0 unspecified atom stereocenters. The molecule has 1 aromatic heterocycles. The fourth-order valence-corrected chi connectivity index (χ4v) is 3.84. The topological polar surface area (TPSA) is 60.7 Å². The van der Waals surface area contributed by atoms with E-state index in [-0.39, 0.29) is 12.1 Å². The standard InChI is InChI=1S/C17H12Cl2N2O3S/c1-24-15(22)9-21-13-4-2-3-5-14(13)25-17(21)20-16(23)10-6-11(18)8-12(19)7-10/h2-8H,9H2,1H3. The summed E-state index contributed by atoms with van der Waals surface area (Å²) in [5, 5.41) is 0.703. The monoisotopic (exact) mass is 394 g/mol. The number of nitrogens with zero attached hydrogens (tertiary/aromatic N) is 2. The fourth-order valence-electron chi connectivity index (χ4n) is 2.28. The third kappa shape index (κ3) is 3.92. The van der Waals surface area contributed by atoms with Crippen molar-refractivity contribution in [2.45, 2.75) is 6.54 Å². The summed E-state index contributed by atoms with van der Waals surface area (Å²) in [5.74, 6) is -0.919. The minimum absolute atomic E-state index is 0.0388. The van der Waals surface area contributed by atoms with Gasteiger partial charge in [-0.3, -0.25) is 9.59 Å². The number of hydrogen-bond donors (Lipinski definition) is 0. The predicted octanol–water partition coefficient (Wildman–Crippen LogP) is 3.92. The van der Waals surface area contributed by atoms with E-state index in [4.69, 9.17) is 27.9 Å². The molecule has 2 aromatic carbocycles. The first-order valence-electron chi connectivity index (χ1n) is 7.18. The zero-order valence-electron chi connectivity index (χ0n) is 13.0. The highest BCUT2D eigenvalue weighted by atomic mass is 35.5. The number of methoxy groups -OCH3 is 1. The van der Waals surface area contributed by atoms with Crippen LogP contribution in [0.15, 0.2) is 47.5 Å². The van der Waals surface area contributed by atoms with Gasteiger partial charge in [-0.05, 0) is 30.3 Å². The minimum atomic E-state index is -0.491. The summed E-state index contributed by atoms with van der Waals surface area (Å²) in [5.41, 5.74) is 1.08. The predicted molar refractivity (Wildman–Crippen MR) is 98.2 cm³/mol. The Kier molecular flexibility index (Phi) is 5.22. The summed E-state index contributed by atoms with van der Waals surface area (Å²) < 4.78 is 7.29. The van der Waals surface area contributed by atoms with Gasteiger partial charge in [0.05, 0.1) is 17.3 Å². The Labute approximate surface area is 157 Å². The largest absolute Gasteiger partial charge is 0.468 e. The highest BCUT2D eigenvalue weighted by Crippen LogP contribution is 2.20. The Bertz CT molecular complexity index is 1020. The van der Waals surface area contributed by atoms with E-state index >= 15 is 0 Å². The number of ether oxygens (including phenoxy) is 1. The molecule has 0 saturated carbocycles. The Morgan fingerprint density at radius 1 is 1.16 bits per heavy atom. The molecule has 0 N–H and O–H groups in total. The van der Waals surface area contributed by atoms with Crippen molar-refractivity contribution in [2.75, 3.05) is 7.11 Å². The maximum atomic E-state index is 12.5. The number of thiazole rings is 1. The molecular formula is C17H12Cl2N2O3S. The normalized spacial score (nSPS) is 11.7. The number of amides is 1. The third-order valence-corrected chi connectivity index (χ3v) is 4.91. The number of benzene rings is 2. The van der Waals surface area contributed by atoms with Gasteiger partial charge < -0.3 is 9.30 Å². The van der Waals surface area contributed by atoms with Gasteiger partial charge in [-0.2, -0.15) is 4.99 Å². The van der Waals surface area contributed by atoms with Crippen molar-refractivity contribution in [1.82, 2.24) is 4.57 Å². The van der Waals surface area contributed by atoms with E-state index in [1.54, 1.807) is 4.57 Å². The summed E-state index contributed by atoms with van der Waals surface area (Å²) in [6.45, 7) is -0.0388. The molecule has 3 rings (SSSR count). The maximum absolute atomic E-state index is 12.5. The zero-order chi connectivity index (χ0) is 18.0. The zero-order valence-corrected chi connectivity index (χ0v) is 15.4. The minimum Gasteiger partial charge on any atom is -0.468 e. The van der Waals surface area contributed by atoms with Crippen molar-refractivity contribution < 1.29 is 14.3 Å². The molecule has 3 aromatic rings. The molecule has 0 radical (unpaired) electrons. The molecule has 0 aliphatic carbocycles. The molecule has 1 heterocycles. The van der Waals surface area contributed by atoms with Crippen LogP contribution in [0, 0.1) is 0 Å². The van der Waals surface area contributed by atoms with Crippen LogP contribution >= 0.6 is 34.5 Å². The quantitative estimate of drug-likeness (QED) is 0.632. The molecule has 0 spiro atoms. The number of fused-ring (bicyclic) bond motifs is 1. The van der Waals surface area contributed by atoms with Gasteiger partial charge >= 0.3 is 5.97 Å². The van der Waals surface area contributed by atoms with Gasteiger partial charge in [0.25, 0.3) is 5.91 Å². The van der Waals surface area contributed by atoms with E-state index in [0.717, 1.165) is 10.2 Å². The Morgan fingerprint density at radius 2 is 1.84 bits per heavy atom. The summed E-state index contributed by atoms with van der Waals surface area (Å²) >= 11 is 13.2. The maximum Gasteiger partial charge on any atom is 0.325 e. The number of hydrogen-bond acceptors (Lipinski definition) is 4. The number of esters is 1. The number of halogens is 2. The van der Waals surface area contributed by atoms with Crippen molar-refractivity contribution in [3.05, 3.63) is 62.9 Å². The molecule has 0 bridgehead atoms. The van der Waals surface area contributed by atoms with Gasteiger partial charge in [0.15, 0.2) is 4.80 Å². The van der Waals surface area contributed by atoms with E-state index in [0.29, 0.717) is 14.8 Å². The van der Waals surface area contributed by atoms with E-state index in [2.05, 4.69) is 4.99 Å². The van der Waals surface area contributed by atoms with E-state index in [9.17, 15) is 9.59 Å². The van der Waals surface area contributed by atoms with Crippen LogP contribution in [-0.4, -0.2) is 23.6 Å². The lowest BCUT2D eigenvalue weighted by molar-refractivity contribution is -0.141. The average molecular weight is 395 g/mol. The Hall–Kier alpha value is -2.15. The SMILES string of the molecule is COC(=O)Cn1c(=NC(=O)c2cc(Cl)cc(Cl)c2)sc2ccccc21. The highest BCUT2D eigenvalue weighted by molar-refractivity contribution is 7.16. The third-order valence-electron chi connectivity index (χ3n) is 3.41. The first-order valence-corrected chi connectivity index (χ1v) is 8.75. The van der Waals surface area contributed by atoms with E-state index in [1.807, 2.05) is 24.3 Å². The van der Waals surface area contributed by atoms with Gasteiger partial charge in [0.1, 0.15) is 6.54 Å². The van der Waals surface area contributed by atoms with Crippen LogP contribution in [0.2, 0.25) is 10.0 Å². The van der Waals surface area contributed by atoms with Crippen molar-refractivity contribution in [2.24, 2.45) is 4.99 Å². The molecule has 25 heavy (non-hydrogen) atoms. The molecule has 128 valence electrons. The lowest BCUT2D eigenvalue weighted by Gasteiger charge is -2.03. The fraction of sp³-hybridized carbons (Fsp3) is 0.118. The smallest absolute Gasteiger partial charge is 0.325 e. The molecule has 0 aliphatic rings. The van der Waals surface area contributed by atoms with Gasteiger partial charge in [0.2, 0.25) is 0 Å². The summed E-state index contributed by atoms with van der Waals surface area (Å²) in [6, 6.07) is 12.0. The van der Waals surface area contributed by atoms with Crippen LogP contribution in [0.4, 0.5) is 0 Å². The molecular weight excluding hydrogens is 383 g/mol. The van der Waals surface area contributed by atoms with Gasteiger partial charge in [-0.15, -0.1) is 0 Å². The molecule has 0 atom stereocenters. The van der Waals surface area contributed by atoms with Crippen LogP contribution in [0.3, 0.4) is 0 Å². The summed E-state index contributed by atoms with van der Waals surface area (Å²) in [7, 11) is 1.31. The van der Waals surface area contributed by atoms with Crippen LogP contribution in [0.5, 0.6) is 0 Å². The molecule has 1 amide bonds. The molecule has 5 nitrogen and oxygen atoms in total. The summed E-state index contributed by atoms with van der Waals surface area (Å²) in [6.07, 6.45) is 0. The van der Waals surface area contributed by atoms with Crippen molar-refractivity contribution in [3.63, 3.8) is 0 Å². The first-order chi connectivity index (χ1) is 12.0. The Morgan fingerprint density at radius 3 is 2.52 bits per heavy atom. The second-order valence-corrected chi connectivity index (χ2v) is 6.97. The number of aromatic nitrogens is 1. The number of para-hydroxylation sites is 1. The second-order valence-electron chi connectivity index (χ2n) is 5.09. The van der Waals surface area contributed by atoms with Crippen molar-refractivity contribution in [1.29, 1.82) is 0 Å². The van der Waals surface area contributed by atoms with E-state index in [1.165, 1.54) is 36.6 Å². The number of carbonyl (C=O) groups is 2. The first kappa shape index (κ1) is 17.7. The molecule has 0 saturated heterocycles. The Balaban J connectivity index is 2.13. The summed E-state index contributed by atoms with van der Waals surface area (Å²) in [4.78, 5) is 28.8. The number of rotatable bonds is 3. The molecule has 0 aliphatic heterocycles. The van der Waals surface area contributed by atoms with Crippen LogP contribution < -0.4 is 4.80 Å². The average Bonchev–Trinajstić information content (AvgIpc) is 2.91. The number of carbonyl (C=O) groups excluding carboxylic acids is 2. The van der Waals surface area contributed by atoms with Crippen molar-refractivity contribution in [3.8, 4) is 0 Å². The lowest BCUT2D eigenvalue weighted by Crippen LogP contribution is -2.22. The van der Waals surface area contributed by atoms with Gasteiger partial charge in [0, 0.05) is 15.6 Å². The van der Waals surface area contributed by atoms with Gasteiger partial charge in [-0.25, -0.2) is 0 Å². The van der Waals surface area contributed by atoms with Crippen LogP contribution in [-0.2, 0) is 16.1 Å². The second kappa shape index (κ2) is 7.39. The lowest BCUT2D eigenvalue weighted by atomic mass is 10.2. The van der Waals surface area contributed by atoms with Crippen molar-refractivity contribution >= 4 is 56.6 Å². The van der Waals surface area contributed by atoms with E-state index < -0.39 is 11.9 Å². The van der Waals surface area contributed by atoms with Gasteiger partial charge in [-0.1, -0.05) is 46.7 Å². The van der Waals surface area contributed by atoms with Crippen LogP contribution in [0.25, 0.3) is 10.2 Å². The molecule has 8 heteroatoms. The molecule has 0 fully saturated rings. The highest BCUT2D eigenvalue weighted by Gasteiger charge is 2.13.